The highest BCUT2D eigenvalue weighted by Gasteiger charge is 2.17. The molecular formula is C11H16N5OS+. The van der Waals surface area contributed by atoms with Gasteiger partial charge in [0.25, 0.3) is 0 Å². The van der Waals surface area contributed by atoms with E-state index >= 15 is 0 Å². The van der Waals surface area contributed by atoms with Gasteiger partial charge in [0.1, 0.15) is 5.00 Å². The normalized spacial score (nSPS) is 17.1. The first-order valence-electron chi connectivity index (χ1n) is 6.25. The largest absolute Gasteiger partial charge is 0.374 e. The van der Waals surface area contributed by atoms with Crippen LogP contribution in [0.5, 0.6) is 0 Å². The lowest BCUT2D eigenvalue weighted by molar-refractivity contribution is -0.928. The van der Waals surface area contributed by atoms with Gasteiger partial charge in [0.05, 0.1) is 13.1 Å². The molecule has 1 aliphatic rings. The van der Waals surface area contributed by atoms with Gasteiger partial charge in [-0.1, -0.05) is 0 Å². The zero-order valence-electron chi connectivity index (χ0n) is 10.1. The van der Waals surface area contributed by atoms with Crippen molar-refractivity contribution in [1.29, 1.82) is 0 Å². The fraction of sp³-hybridized carbons (Fsp3) is 0.545. The van der Waals surface area contributed by atoms with Crippen molar-refractivity contribution in [2.24, 2.45) is 0 Å². The van der Waals surface area contributed by atoms with E-state index in [4.69, 9.17) is 0 Å². The topological polar surface area (TPSA) is 57.1 Å². The minimum Gasteiger partial charge on any atom is -0.316 e. The molecule has 0 spiro atoms. The molecule has 6 nitrogen and oxygen atoms in total. The number of piperidine rings is 1. The molecule has 0 unspecified atom stereocenters. The minimum absolute atomic E-state index is 0.143. The molecule has 0 atom stereocenters. The molecule has 1 N–H and O–H groups in total. The Morgan fingerprint density at radius 1 is 1.28 bits per heavy atom. The van der Waals surface area contributed by atoms with Gasteiger partial charge in [-0.15, -0.1) is 20.7 Å². The summed E-state index contributed by atoms with van der Waals surface area (Å²) in [6, 6.07) is 3.78. The number of rotatable bonds is 3. The molecule has 2 aromatic heterocycles. The molecule has 18 heavy (non-hydrogen) atoms. The molecule has 0 aromatic carbocycles. The van der Waals surface area contributed by atoms with Crippen LogP contribution in [0, 0.1) is 0 Å². The van der Waals surface area contributed by atoms with Gasteiger partial charge >= 0.3 is 5.69 Å². The lowest BCUT2D eigenvalue weighted by Crippen LogP contribution is -3.12. The second-order valence-electron chi connectivity index (χ2n) is 4.59. The van der Waals surface area contributed by atoms with Crippen LogP contribution in [0.3, 0.4) is 0 Å². The summed E-state index contributed by atoms with van der Waals surface area (Å²) in [6.45, 7) is 2.88. The van der Waals surface area contributed by atoms with E-state index in [1.165, 1.54) is 44.9 Å². The average molecular weight is 266 g/mol. The molecule has 96 valence electrons. The Kier molecular flexibility index (Phi) is 3.24. The number of hydrogen-bond acceptors (Lipinski definition) is 4. The molecule has 3 heterocycles. The number of nitrogens with one attached hydrogen (secondary N) is 1. The summed E-state index contributed by atoms with van der Waals surface area (Å²) in [4.78, 5) is 13.6. The van der Waals surface area contributed by atoms with E-state index in [9.17, 15) is 4.79 Å². The summed E-state index contributed by atoms with van der Waals surface area (Å²) in [5, 5.41) is 10.7. The highest BCUT2D eigenvalue weighted by molar-refractivity contribution is 7.12. The van der Waals surface area contributed by atoms with Crippen LogP contribution in [0.15, 0.2) is 22.3 Å². The summed E-state index contributed by atoms with van der Waals surface area (Å²) in [5.41, 5.74) is -0.143. The standard InChI is InChI=1S/C11H15N5OS/c17-11-15(9-14-6-2-1-3-7-14)12-13-16(11)10-5-4-8-18-10/h4-5,8H,1-3,6-7,9H2/p+1. The average Bonchev–Trinajstić information content (AvgIpc) is 3.02. The molecular weight excluding hydrogens is 250 g/mol. The van der Waals surface area contributed by atoms with Gasteiger partial charge in [0.15, 0.2) is 6.67 Å². The number of nitrogens with zero attached hydrogens (tertiary/aromatic N) is 4. The van der Waals surface area contributed by atoms with Gasteiger partial charge in [-0.3, -0.25) is 0 Å². The van der Waals surface area contributed by atoms with Crippen molar-refractivity contribution in [3.63, 3.8) is 0 Å². The molecule has 7 heteroatoms. The summed E-state index contributed by atoms with van der Waals surface area (Å²) in [6.07, 6.45) is 3.78. The number of quaternary nitrogens is 1. The summed E-state index contributed by atoms with van der Waals surface area (Å²) in [7, 11) is 0. The van der Waals surface area contributed by atoms with E-state index in [0.29, 0.717) is 6.67 Å². The van der Waals surface area contributed by atoms with E-state index in [-0.39, 0.29) is 5.69 Å². The van der Waals surface area contributed by atoms with Crippen LogP contribution < -0.4 is 10.6 Å². The van der Waals surface area contributed by atoms with Crippen molar-refractivity contribution in [3.8, 4) is 5.00 Å². The van der Waals surface area contributed by atoms with Crippen molar-refractivity contribution in [3.05, 3.63) is 28.0 Å². The zero-order valence-corrected chi connectivity index (χ0v) is 10.9. The van der Waals surface area contributed by atoms with E-state index in [2.05, 4.69) is 10.4 Å². The molecule has 0 aliphatic carbocycles. The van der Waals surface area contributed by atoms with E-state index in [1.807, 2.05) is 17.5 Å². The van der Waals surface area contributed by atoms with Gasteiger partial charge < -0.3 is 4.90 Å². The van der Waals surface area contributed by atoms with Crippen LogP contribution in [0.25, 0.3) is 5.00 Å². The molecule has 1 saturated heterocycles. The smallest absolute Gasteiger partial charge is 0.316 e. The summed E-state index contributed by atoms with van der Waals surface area (Å²) < 4.78 is 2.84. The quantitative estimate of drug-likeness (QED) is 0.816. The second kappa shape index (κ2) is 5.03. The molecule has 3 rings (SSSR count). The van der Waals surface area contributed by atoms with Crippen LogP contribution in [0.2, 0.25) is 0 Å². The van der Waals surface area contributed by atoms with Gasteiger partial charge in [-0.2, -0.15) is 0 Å². The van der Waals surface area contributed by atoms with Crippen molar-refractivity contribution < 1.29 is 4.90 Å². The Labute approximate surface area is 108 Å². The first kappa shape index (κ1) is 11.6. The van der Waals surface area contributed by atoms with Crippen LogP contribution in [0.1, 0.15) is 19.3 Å². The number of aromatic nitrogens is 4. The third-order valence-corrected chi connectivity index (χ3v) is 4.13. The molecule has 1 aliphatic heterocycles. The fourth-order valence-corrected chi connectivity index (χ4v) is 2.99. The molecule has 0 amide bonds. The SMILES string of the molecule is O=c1n(C[NH+]2CCCCC2)nnn1-c1cccs1. The molecule has 2 aromatic rings. The summed E-state index contributed by atoms with van der Waals surface area (Å²) in [5.74, 6) is 0. The van der Waals surface area contributed by atoms with Crippen LogP contribution >= 0.6 is 11.3 Å². The number of tetrazole rings is 1. The maximum atomic E-state index is 12.1. The predicted molar refractivity (Wildman–Crippen MR) is 68.0 cm³/mol. The number of thiophene rings is 1. The number of hydrogen-bond donors (Lipinski definition) is 1. The molecule has 1 fully saturated rings. The Morgan fingerprint density at radius 3 is 2.83 bits per heavy atom. The van der Waals surface area contributed by atoms with Gasteiger partial charge in [-0.05, 0) is 47.2 Å². The maximum absolute atomic E-state index is 12.1. The Balaban J connectivity index is 1.79. The fourth-order valence-electron chi connectivity index (χ4n) is 2.32. The zero-order chi connectivity index (χ0) is 12.4. The maximum Gasteiger partial charge on any atom is 0.374 e. The van der Waals surface area contributed by atoms with E-state index in [0.717, 1.165) is 18.1 Å². The number of likely N-dealkylation sites (tertiary alicyclic amines) is 1. The lowest BCUT2D eigenvalue weighted by atomic mass is 10.1. The van der Waals surface area contributed by atoms with Gasteiger partial charge in [0.2, 0.25) is 0 Å². The molecule has 0 saturated carbocycles. The first-order chi connectivity index (χ1) is 8.84. The molecule has 0 bridgehead atoms. The van der Waals surface area contributed by atoms with Crippen LogP contribution in [0.4, 0.5) is 0 Å². The molecule has 0 radical (unpaired) electrons. The van der Waals surface area contributed by atoms with E-state index < -0.39 is 0 Å². The second-order valence-corrected chi connectivity index (χ2v) is 5.52. The third kappa shape index (κ3) is 2.23. The van der Waals surface area contributed by atoms with E-state index in [1.54, 1.807) is 0 Å². The third-order valence-electron chi connectivity index (χ3n) is 3.29. The Bertz CT molecular complexity index is 552. The monoisotopic (exact) mass is 266 g/mol. The van der Waals surface area contributed by atoms with Crippen LogP contribution in [-0.4, -0.2) is 32.9 Å². The highest BCUT2D eigenvalue weighted by atomic mass is 32.1. The Hall–Kier alpha value is -1.47. The predicted octanol–water partition coefficient (Wildman–Crippen LogP) is -0.483. The summed E-state index contributed by atoms with van der Waals surface area (Å²) >= 11 is 1.49. The Morgan fingerprint density at radius 2 is 2.11 bits per heavy atom. The minimum atomic E-state index is -0.143. The van der Waals surface area contributed by atoms with Gasteiger partial charge in [-0.25, -0.2) is 4.79 Å². The highest BCUT2D eigenvalue weighted by Crippen LogP contribution is 2.10. The first-order valence-corrected chi connectivity index (χ1v) is 7.13. The van der Waals surface area contributed by atoms with Gasteiger partial charge in [0, 0.05) is 0 Å². The van der Waals surface area contributed by atoms with Crippen molar-refractivity contribution in [2.75, 3.05) is 13.1 Å². The van der Waals surface area contributed by atoms with Crippen molar-refractivity contribution in [2.45, 2.75) is 25.9 Å². The van der Waals surface area contributed by atoms with Crippen molar-refractivity contribution >= 4 is 11.3 Å². The van der Waals surface area contributed by atoms with Crippen LogP contribution in [-0.2, 0) is 6.67 Å². The lowest BCUT2D eigenvalue weighted by Gasteiger charge is -2.22. The van der Waals surface area contributed by atoms with Crippen molar-refractivity contribution in [1.82, 2.24) is 19.8 Å².